The van der Waals surface area contributed by atoms with Gasteiger partial charge in [-0.3, -0.25) is 4.79 Å². The van der Waals surface area contributed by atoms with E-state index in [1.807, 2.05) is 36.4 Å². The molecule has 8 heteroatoms. The summed E-state index contributed by atoms with van der Waals surface area (Å²) < 4.78 is 32.7. The first-order chi connectivity index (χ1) is 16.0. The van der Waals surface area contributed by atoms with Crippen LogP contribution in [-0.2, 0) is 21.2 Å². The number of carbonyl (C=O) groups excluding carboxylic acids is 1. The van der Waals surface area contributed by atoms with Gasteiger partial charge in [-0.15, -0.1) is 0 Å². The average Bonchev–Trinajstić information content (AvgIpc) is 3.29. The van der Waals surface area contributed by atoms with E-state index in [2.05, 4.69) is 22.3 Å². The molecule has 0 radical (unpaired) electrons. The van der Waals surface area contributed by atoms with Crippen LogP contribution in [0.3, 0.4) is 0 Å². The summed E-state index contributed by atoms with van der Waals surface area (Å²) in [5.41, 5.74) is 4.30. The van der Waals surface area contributed by atoms with Crippen LogP contribution in [0.25, 0.3) is 0 Å². The molecule has 2 heterocycles. The highest BCUT2D eigenvalue weighted by atomic mass is 32.2. The molecule has 7 nitrogen and oxygen atoms in total. The summed E-state index contributed by atoms with van der Waals surface area (Å²) in [5.74, 6) is -0.353. The maximum Gasteiger partial charge on any atom is 0.255 e. The number of hydrogen-bond acceptors (Lipinski definition) is 5. The minimum absolute atomic E-state index is 0.110. The number of sulfonamides is 1. The number of rotatable bonds is 5. The van der Waals surface area contributed by atoms with Gasteiger partial charge >= 0.3 is 0 Å². The number of nitrogens with zero attached hydrogens (tertiary/aromatic N) is 2. The molecule has 0 atom stereocenters. The molecule has 0 saturated carbocycles. The van der Waals surface area contributed by atoms with Crippen molar-refractivity contribution in [2.24, 2.45) is 0 Å². The van der Waals surface area contributed by atoms with E-state index in [4.69, 9.17) is 4.74 Å². The van der Waals surface area contributed by atoms with Gasteiger partial charge in [-0.2, -0.15) is 4.31 Å². The van der Waals surface area contributed by atoms with Crippen molar-refractivity contribution < 1.29 is 17.9 Å². The van der Waals surface area contributed by atoms with E-state index >= 15 is 0 Å². The van der Waals surface area contributed by atoms with Crippen molar-refractivity contribution in [1.29, 1.82) is 0 Å². The fraction of sp³-hybridized carbons (Fsp3) is 0.240. The molecule has 1 saturated heterocycles. The number of amides is 1. The van der Waals surface area contributed by atoms with Crippen molar-refractivity contribution in [2.45, 2.75) is 11.3 Å². The van der Waals surface area contributed by atoms with E-state index in [0.29, 0.717) is 37.6 Å². The molecule has 1 amide bonds. The van der Waals surface area contributed by atoms with Gasteiger partial charge in [0.1, 0.15) is 0 Å². The molecule has 0 unspecified atom stereocenters. The predicted molar refractivity (Wildman–Crippen MR) is 128 cm³/mol. The minimum Gasteiger partial charge on any atom is -0.379 e. The van der Waals surface area contributed by atoms with Crippen LogP contribution in [-0.4, -0.2) is 51.5 Å². The second kappa shape index (κ2) is 8.97. The molecule has 2 aliphatic rings. The lowest BCUT2D eigenvalue weighted by atomic mass is 10.1. The van der Waals surface area contributed by atoms with Crippen LogP contribution in [0.2, 0.25) is 0 Å². The first kappa shape index (κ1) is 21.6. The Morgan fingerprint density at radius 2 is 1.58 bits per heavy atom. The smallest absolute Gasteiger partial charge is 0.255 e. The molecule has 0 aromatic heterocycles. The number of para-hydroxylation sites is 3. The maximum absolute atomic E-state index is 13.1. The quantitative estimate of drug-likeness (QED) is 0.625. The van der Waals surface area contributed by atoms with Gasteiger partial charge in [-0.25, -0.2) is 8.42 Å². The Hall–Kier alpha value is -3.20. The summed E-state index contributed by atoms with van der Waals surface area (Å²) in [4.78, 5) is 15.4. The predicted octanol–water partition coefficient (Wildman–Crippen LogP) is 3.65. The van der Waals surface area contributed by atoms with Crippen LogP contribution in [0.1, 0.15) is 15.9 Å². The molecule has 0 bridgehead atoms. The van der Waals surface area contributed by atoms with Crippen LogP contribution >= 0.6 is 0 Å². The fourth-order valence-electron chi connectivity index (χ4n) is 4.33. The second-order valence-corrected chi connectivity index (χ2v) is 9.98. The number of anilines is 3. The summed E-state index contributed by atoms with van der Waals surface area (Å²) in [6.07, 6.45) is 0.944. The first-order valence-electron chi connectivity index (χ1n) is 11.0. The summed E-state index contributed by atoms with van der Waals surface area (Å²) >= 11 is 0. The third-order valence-electron chi connectivity index (χ3n) is 6.03. The number of nitrogens with one attached hydrogen (secondary N) is 1. The standard InChI is InChI=1S/C25H25N3O4S/c29-25(20-7-5-8-21(18-20)33(30,31)27-14-16-32-17-15-27)26-22-9-2-4-11-24(22)28-13-12-19-6-1-3-10-23(19)28/h1-11,18H,12-17H2,(H,26,29). The number of morpholine rings is 1. The van der Waals surface area contributed by atoms with E-state index in [1.54, 1.807) is 12.1 Å². The highest BCUT2D eigenvalue weighted by molar-refractivity contribution is 7.89. The Morgan fingerprint density at radius 3 is 2.39 bits per heavy atom. The highest BCUT2D eigenvalue weighted by Gasteiger charge is 2.27. The van der Waals surface area contributed by atoms with Gasteiger partial charge in [0.15, 0.2) is 0 Å². The Balaban J connectivity index is 1.40. The molecule has 3 aromatic rings. The third-order valence-corrected chi connectivity index (χ3v) is 7.93. The van der Waals surface area contributed by atoms with Crippen LogP contribution in [0.5, 0.6) is 0 Å². The minimum atomic E-state index is -3.68. The zero-order valence-corrected chi connectivity index (χ0v) is 18.9. The SMILES string of the molecule is O=C(Nc1ccccc1N1CCc2ccccc21)c1cccc(S(=O)(=O)N2CCOCC2)c1. The number of benzene rings is 3. The van der Waals surface area contributed by atoms with Gasteiger partial charge in [0.05, 0.1) is 29.5 Å². The second-order valence-electron chi connectivity index (χ2n) is 8.05. The molecular weight excluding hydrogens is 438 g/mol. The lowest BCUT2D eigenvalue weighted by Gasteiger charge is -2.26. The lowest BCUT2D eigenvalue weighted by molar-refractivity contribution is 0.0730. The van der Waals surface area contributed by atoms with Gasteiger partial charge in [-0.1, -0.05) is 36.4 Å². The Bertz CT molecular complexity index is 1290. The van der Waals surface area contributed by atoms with Crippen molar-refractivity contribution in [2.75, 3.05) is 43.1 Å². The van der Waals surface area contributed by atoms with Crippen molar-refractivity contribution >= 4 is 33.0 Å². The zero-order valence-electron chi connectivity index (χ0n) is 18.1. The molecule has 0 aliphatic carbocycles. The molecule has 170 valence electrons. The number of fused-ring (bicyclic) bond motifs is 1. The van der Waals surface area contributed by atoms with Crippen LogP contribution < -0.4 is 10.2 Å². The molecule has 0 spiro atoms. The molecular formula is C25H25N3O4S. The molecule has 1 N–H and O–H groups in total. The topological polar surface area (TPSA) is 79.0 Å². The van der Waals surface area contributed by atoms with E-state index < -0.39 is 10.0 Å². The van der Waals surface area contributed by atoms with Crippen molar-refractivity contribution in [3.05, 3.63) is 83.9 Å². The number of hydrogen-bond donors (Lipinski definition) is 1. The molecule has 33 heavy (non-hydrogen) atoms. The largest absolute Gasteiger partial charge is 0.379 e. The summed E-state index contributed by atoms with van der Waals surface area (Å²) in [5, 5.41) is 2.98. The summed E-state index contributed by atoms with van der Waals surface area (Å²) in [6.45, 7) is 2.19. The van der Waals surface area contributed by atoms with Crippen LogP contribution in [0.4, 0.5) is 17.1 Å². The van der Waals surface area contributed by atoms with Crippen LogP contribution in [0.15, 0.2) is 77.7 Å². The monoisotopic (exact) mass is 463 g/mol. The normalized spacial score (nSPS) is 16.4. The van der Waals surface area contributed by atoms with Gasteiger partial charge < -0.3 is 15.0 Å². The van der Waals surface area contributed by atoms with Crippen LogP contribution in [0, 0.1) is 0 Å². The maximum atomic E-state index is 13.1. The summed E-state index contributed by atoms with van der Waals surface area (Å²) in [7, 11) is -3.68. The third kappa shape index (κ3) is 4.25. The zero-order chi connectivity index (χ0) is 22.8. The lowest BCUT2D eigenvalue weighted by Crippen LogP contribution is -2.40. The molecule has 5 rings (SSSR count). The average molecular weight is 464 g/mol. The van der Waals surface area contributed by atoms with E-state index in [1.165, 1.54) is 22.0 Å². The van der Waals surface area contributed by atoms with E-state index in [9.17, 15) is 13.2 Å². The number of ether oxygens (including phenoxy) is 1. The van der Waals surface area contributed by atoms with E-state index in [-0.39, 0.29) is 10.8 Å². The molecule has 3 aromatic carbocycles. The highest BCUT2D eigenvalue weighted by Crippen LogP contribution is 2.38. The van der Waals surface area contributed by atoms with Crippen molar-refractivity contribution in [3.63, 3.8) is 0 Å². The molecule has 2 aliphatic heterocycles. The number of carbonyl (C=O) groups is 1. The van der Waals surface area contributed by atoms with Gasteiger partial charge in [-0.05, 0) is 48.4 Å². The Kier molecular flexibility index (Phi) is 5.88. The van der Waals surface area contributed by atoms with Crippen molar-refractivity contribution in [1.82, 2.24) is 4.31 Å². The van der Waals surface area contributed by atoms with Gasteiger partial charge in [0.25, 0.3) is 5.91 Å². The summed E-state index contributed by atoms with van der Waals surface area (Å²) in [6, 6.07) is 22.1. The fourth-order valence-corrected chi connectivity index (χ4v) is 5.79. The van der Waals surface area contributed by atoms with Gasteiger partial charge in [0.2, 0.25) is 10.0 Å². The molecule has 1 fully saturated rings. The first-order valence-corrected chi connectivity index (χ1v) is 12.4. The Labute approximate surface area is 193 Å². The van der Waals surface area contributed by atoms with E-state index in [0.717, 1.165) is 24.3 Å². The Morgan fingerprint density at radius 1 is 0.848 bits per heavy atom. The van der Waals surface area contributed by atoms with Gasteiger partial charge in [0, 0.05) is 30.9 Å². The van der Waals surface area contributed by atoms with Crippen molar-refractivity contribution in [3.8, 4) is 0 Å².